The molecule has 3 aromatic rings. The number of hydrogen-bond acceptors (Lipinski definition) is 5. The lowest BCUT2D eigenvalue weighted by molar-refractivity contribution is 1.19. The average Bonchev–Trinajstić information content (AvgIpc) is 2.69. The number of nitrogen functional groups attached to an aromatic ring is 1. The molecule has 0 aliphatic rings. The van der Waals surface area contributed by atoms with E-state index in [1.165, 1.54) is 0 Å². The van der Waals surface area contributed by atoms with Crippen LogP contribution in [-0.2, 0) is 0 Å². The van der Waals surface area contributed by atoms with Crippen molar-refractivity contribution < 1.29 is 0 Å². The van der Waals surface area contributed by atoms with E-state index in [2.05, 4.69) is 27.8 Å². The van der Waals surface area contributed by atoms with Gasteiger partial charge in [0, 0.05) is 29.5 Å². The van der Waals surface area contributed by atoms with Gasteiger partial charge in [0.1, 0.15) is 0 Å². The van der Waals surface area contributed by atoms with E-state index in [0.717, 1.165) is 10.9 Å². The Kier molecular flexibility index (Phi) is 2.61. The maximum Gasteiger partial charge on any atom is 0.220 e. The minimum atomic E-state index is 0.215. The molecular weight excluding hydrogens is 270 g/mol. The van der Waals surface area contributed by atoms with Gasteiger partial charge < -0.3 is 5.73 Å². The molecule has 18 heavy (non-hydrogen) atoms. The summed E-state index contributed by atoms with van der Waals surface area (Å²) in [6.07, 6.45) is 5.04. The van der Waals surface area contributed by atoms with Crippen molar-refractivity contribution in [2.75, 3.05) is 5.73 Å². The number of halogens is 1. The van der Waals surface area contributed by atoms with E-state index in [9.17, 15) is 0 Å². The van der Waals surface area contributed by atoms with Crippen LogP contribution in [0.1, 0.15) is 0 Å². The van der Waals surface area contributed by atoms with E-state index in [1.54, 1.807) is 34.7 Å². The van der Waals surface area contributed by atoms with Crippen molar-refractivity contribution in [3.05, 3.63) is 35.7 Å². The number of pyridine rings is 1. The lowest BCUT2D eigenvalue weighted by atomic mass is 10.1. The van der Waals surface area contributed by atoms with Crippen LogP contribution in [0.25, 0.3) is 22.3 Å². The Labute approximate surface area is 113 Å². The van der Waals surface area contributed by atoms with Gasteiger partial charge in [-0.3, -0.25) is 3.97 Å². The lowest BCUT2D eigenvalue weighted by Gasteiger charge is -2.00. The Bertz CT molecular complexity index is 739. The number of aromatic nitrogens is 4. The maximum atomic E-state index is 6.20. The van der Waals surface area contributed by atoms with Crippen molar-refractivity contribution in [2.24, 2.45) is 0 Å². The van der Waals surface area contributed by atoms with Crippen molar-refractivity contribution in [1.82, 2.24) is 18.9 Å². The molecular formula is C11H8ClN5S. The third kappa shape index (κ3) is 1.70. The van der Waals surface area contributed by atoms with Crippen LogP contribution >= 0.6 is 24.4 Å². The number of anilines is 1. The van der Waals surface area contributed by atoms with E-state index in [1.807, 2.05) is 0 Å². The lowest BCUT2D eigenvalue weighted by Crippen LogP contribution is -1.94. The summed E-state index contributed by atoms with van der Waals surface area (Å²) in [5.41, 5.74) is 7.78. The van der Waals surface area contributed by atoms with Gasteiger partial charge in [0.15, 0.2) is 5.65 Å². The fraction of sp³-hybridized carbons (Fsp3) is 0. The van der Waals surface area contributed by atoms with Crippen molar-refractivity contribution in [3.8, 4) is 11.3 Å². The smallest absolute Gasteiger partial charge is 0.220 e. The predicted octanol–water partition coefficient (Wildman–Crippen LogP) is 2.42. The summed E-state index contributed by atoms with van der Waals surface area (Å²) in [5.74, 6) is 0.215. The van der Waals surface area contributed by atoms with Crippen LogP contribution in [0.5, 0.6) is 0 Å². The normalized spacial score (nSPS) is 11.0. The minimum absolute atomic E-state index is 0.215. The van der Waals surface area contributed by atoms with Crippen LogP contribution in [0.2, 0.25) is 5.02 Å². The summed E-state index contributed by atoms with van der Waals surface area (Å²) < 4.78 is 1.61. The molecule has 5 nitrogen and oxygen atoms in total. The topological polar surface area (TPSA) is 69.6 Å². The molecule has 0 saturated heterocycles. The molecule has 0 amide bonds. The summed E-state index contributed by atoms with van der Waals surface area (Å²) in [7, 11) is 0. The average molecular weight is 278 g/mol. The summed E-state index contributed by atoms with van der Waals surface area (Å²) in [6, 6.07) is 3.49. The zero-order chi connectivity index (χ0) is 12.7. The molecule has 0 aliphatic heterocycles. The van der Waals surface area contributed by atoms with Crippen molar-refractivity contribution in [3.63, 3.8) is 0 Å². The molecule has 0 saturated carbocycles. The Morgan fingerprint density at radius 3 is 2.78 bits per heavy atom. The molecule has 0 radical (unpaired) electrons. The zero-order valence-electron chi connectivity index (χ0n) is 9.08. The summed E-state index contributed by atoms with van der Waals surface area (Å²) in [6.45, 7) is 0. The van der Waals surface area contributed by atoms with Gasteiger partial charge in [-0.15, -0.1) is 0 Å². The highest BCUT2D eigenvalue weighted by Gasteiger charge is 2.14. The molecule has 0 aliphatic carbocycles. The number of thiol groups is 1. The van der Waals surface area contributed by atoms with Crippen molar-refractivity contribution >= 4 is 41.4 Å². The molecule has 3 aromatic heterocycles. The van der Waals surface area contributed by atoms with E-state index < -0.39 is 0 Å². The number of hydrogen-bond donors (Lipinski definition) is 2. The summed E-state index contributed by atoms with van der Waals surface area (Å²) in [4.78, 5) is 12.3. The highest BCUT2D eigenvalue weighted by molar-refractivity contribution is 7.78. The van der Waals surface area contributed by atoms with Gasteiger partial charge in [0.05, 0.1) is 10.7 Å². The Morgan fingerprint density at radius 1 is 1.22 bits per heavy atom. The third-order valence-electron chi connectivity index (χ3n) is 2.57. The molecule has 90 valence electrons. The van der Waals surface area contributed by atoms with Gasteiger partial charge in [-0.25, -0.2) is 15.0 Å². The van der Waals surface area contributed by atoms with Gasteiger partial charge in [-0.2, -0.15) is 0 Å². The van der Waals surface area contributed by atoms with Gasteiger partial charge in [0.2, 0.25) is 5.95 Å². The first-order valence-corrected chi connectivity index (χ1v) is 5.88. The molecule has 0 atom stereocenters. The monoisotopic (exact) mass is 277 g/mol. The van der Waals surface area contributed by atoms with Gasteiger partial charge in [-0.05, 0) is 12.1 Å². The second-order valence-electron chi connectivity index (χ2n) is 3.68. The first-order chi connectivity index (χ1) is 8.66. The SMILES string of the molecule is Nc1nccc(-c2cn(S)c3nccc(Cl)c23)n1. The second kappa shape index (κ2) is 4.15. The van der Waals surface area contributed by atoms with E-state index in [0.29, 0.717) is 16.4 Å². The minimum Gasteiger partial charge on any atom is -0.368 e. The fourth-order valence-corrected chi connectivity index (χ4v) is 2.33. The van der Waals surface area contributed by atoms with Crippen molar-refractivity contribution in [2.45, 2.75) is 0 Å². The largest absolute Gasteiger partial charge is 0.368 e. The van der Waals surface area contributed by atoms with Gasteiger partial charge in [-0.1, -0.05) is 24.4 Å². The Balaban J connectivity index is 2.36. The highest BCUT2D eigenvalue weighted by atomic mass is 35.5. The molecule has 7 heteroatoms. The number of nitrogens with two attached hydrogens (primary N) is 1. The number of fused-ring (bicyclic) bond motifs is 1. The third-order valence-corrected chi connectivity index (χ3v) is 3.19. The Hall–Kier alpha value is -1.79. The predicted molar refractivity (Wildman–Crippen MR) is 74.6 cm³/mol. The molecule has 0 bridgehead atoms. The standard InChI is InChI=1S/C11H8ClN5S/c12-7-1-3-14-10-9(7)6(5-17(10)18)8-2-4-15-11(13)16-8/h1-5,18H,(H2,13,15,16). The van der Waals surface area contributed by atoms with Crippen LogP contribution in [0, 0.1) is 0 Å². The molecule has 2 N–H and O–H groups in total. The zero-order valence-corrected chi connectivity index (χ0v) is 10.7. The first kappa shape index (κ1) is 11.3. The fourth-order valence-electron chi connectivity index (χ4n) is 1.82. The number of rotatable bonds is 1. The Morgan fingerprint density at radius 2 is 2.00 bits per heavy atom. The summed E-state index contributed by atoms with van der Waals surface area (Å²) >= 11 is 10.5. The first-order valence-electron chi connectivity index (χ1n) is 5.10. The molecule has 3 heterocycles. The van der Waals surface area contributed by atoms with Crippen LogP contribution in [0.4, 0.5) is 5.95 Å². The van der Waals surface area contributed by atoms with Crippen LogP contribution in [-0.4, -0.2) is 18.9 Å². The molecule has 0 fully saturated rings. The molecule has 0 aromatic carbocycles. The molecule has 0 spiro atoms. The van der Waals surface area contributed by atoms with E-state index in [4.69, 9.17) is 17.3 Å². The molecule has 3 rings (SSSR count). The molecule has 0 unspecified atom stereocenters. The highest BCUT2D eigenvalue weighted by Crippen LogP contribution is 2.33. The van der Waals surface area contributed by atoms with Gasteiger partial charge in [0.25, 0.3) is 0 Å². The maximum absolute atomic E-state index is 6.20. The van der Waals surface area contributed by atoms with Crippen molar-refractivity contribution in [1.29, 1.82) is 0 Å². The van der Waals surface area contributed by atoms with Crippen LogP contribution in [0.15, 0.2) is 30.7 Å². The van der Waals surface area contributed by atoms with Crippen LogP contribution < -0.4 is 5.73 Å². The summed E-state index contributed by atoms with van der Waals surface area (Å²) in [5, 5.41) is 1.40. The van der Waals surface area contributed by atoms with Crippen LogP contribution in [0.3, 0.4) is 0 Å². The second-order valence-corrected chi connectivity index (χ2v) is 4.52. The van der Waals surface area contributed by atoms with Gasteiger partial charge >= 0.3 is 0 Å². The van der Waals surface area contributed by atoms with E-state index >= 15 is 0 Å². The number of nitrogens with zero attached hydrogens (tertiary/aromatic N) is 4. The quantitative estimate of drug-likeness (QED) is 0.670. The van der Waals surface area contributed by atoms with E-state index in [-0.39, 0.29) is 5.95 Å².